The number of carbonyl (C=O) groups excluding carboxylic acids is 2. The molecule has 3 fully saturated rings. The van der Waals surface area contributed by atoms with Crippen LogP contribution in [0.1, 0.15) is 51.9 Å². The van der Waals surface area contributed by atoms with Crippen LogP contribution in [-0.4, -0.2) is 54.4 Å². The Morgan fingerprint density at radius 2 is 1.67 bits per heavy atom. The highest BCUT2D eigenvalue weighted by molar-refractivity contribution is 5.77. The first kappa shape index (κ1) is 21.2. The number of carbonyl (C=O) groups is 2. The predicted octanol–water partition coefficient (Wildman–Crippen LogP) is 3.98. The molecule has 0 radical (unpaired) electrons. The lowest BCUT2D eigenvalue weighted by molar-refractivity contribution is -0.131. The zero-order valence-corrected chi connectivity index (χ0v) is 18.3. The largest absolute Gasteiger partial charge is 0.493 e. The van der Waals surface area contributed by atoms with Crippen LogP contribution >= 0.6 is 0 Å². The molecule has 0 N–H and O–H groups in total. The van der Waals surface area contributed by atoms with Crippen LogP contribution in [0.15, 0.2) is 30.3 Å². The molecule has 5 nitrogen and oxygen atoms in total. The minimum absolute atomic E-state index is 0.178. The van der Waals surface area contributed by atoms with Crippen molar-refractivity contribution in [2.24, 2.45) is 23.7 Å². The summed E-state index contributed by atoms with van der Waals surface area (Å²) in [6.45, 7) is 5.69. The van der Waals surface area contributed by atoms with Gasteiger partial charge < -0.3 is 14.5 Å². The number of hydrogen-bond donors (Lipinski definition) is 0. The van der Waals surface area contributed by atoms with E-state index < -0.39 is 0 Å². The fraction of sp³-hybridized carbons (Fsp3) is 0.680. The number of para-hydroxylation sites is 1. The van der Waals surface area contributed by atoms with Crippen molar-refractivity contribution in [2.45, 2.75) is 51.9 Å². The molecule has 1 aliphatic carbocycles. The third-order valence-electron chi connectivity index (χ3n) is 7.58. The number of nitrogens with zero attached hydrogens (tertiary/aromatic N) is 2. The van der Waals surface area contributed by atoms with E-state index >= 15 is 0 Å². The Balaban J connectivity index is 1.39. The topological polar surface area (TPSA) is 49.9 Å². The summed E-state index contributed by atoms with van der Waals surface area (Å²) in [7, 11) is 0. The molecule has 2 aliphatic heterocycles. The standard InChI is InChI=1S/C25H36N2O3/c1-19(28)26-13-11-21(12-14-26)24-17-27(25(29)15-20-7-5-6-8-20)16-22(24)18-30-23-9-3-2-4-10-23/h2-4,9-10,20-22,24H,5-8,11-18H2,1H3. The van der Waals surface area contributed by atoms with Crippen LogP contribution in [0.5, 0.6) is 5.75 Å². The number of amides is 2. The summed E-state index contributed by atoms with van der Waals surface area (Å²) < 4.78 is 6.13. The van der Waals surface area contributed by atoms with Crippen LogP contribution in [0.4, 0.5) is 0 Å². The number of rotatable bonds is 6. The third-order valence-corrected chi connectivity index (χ3v) is 7.58. The van der Waals surface area contributed by atoms with E-state index in [1.54, 1.807) is 6.92 Å². The van der Waals surface area contributed by atoms with Crippen LogP contribution in [0.3, 0.4) is 0 Å². The SMILES string of the molecule is CC(=O)N1CCC(C2CN(C(=O)CC3CCCC3)CC2COc2ccccc2)CC1. The number of hydrogen-bond acceptors (Lipinski definition) is 3. The third kappa shape index (κ3) is 5.16. The van der Waals surface area contributed by atoms with Gasteiger partial charge in [-0.05, 0) is 55.6 Å². The van der Waals surface area contributed by atoms with Crippen LogP contribution in [0.25, 0.3) is 0 Å². The van der Waals surface area contributed by atoms with Crippen molar-refractivity contribution in [2.75, 3.05) is 32.8 Å². The Kier molecular flexibility index (Phi) is 6.96. The maximum Gasteiger partial charge on any atom is 0.222 e. The Labute approximate surface area is 180 Å². The van der Waals surface area contributed by atoms with Gasteiger partial charge in [-0.25, -0.2) is 0 Å². The second-order valence-corrected chi connectivity index (χ2v) is 9.54. The monoisotopic (exact) mass is 412 g/mol. The van der Waals surface area contributed by atoms with Crippen molar-refractivity contribution in [3.8, 4) is 5.75 Å². The molecule has 4 rings (SSSR count). The van der Waals surface area contributed by atoms with Crippen LogP contribution in [0.2, 0.25) is 0 Å². The number of benzene rings is 1. The van der Waals surface area contributed by atoms with Gasteiger partial charge in [0.05, 0.1) is 6.61 Å². The molecule has 2 heterocycles. The van der Waals surface area contributed by atoms with Crippen molar-refractivity contribution in [3.05, 3.63) is 30.3 Å². The minimum Gasteiger partial charge on any atom is -0.493 e. The molecule has 1 aromatic carbocycles. The first-order valence-electron chi connectivity index (χ1n) is 11.8. The molecule has 164 valence electrons. The predicted molar refractivity (Wildman–Crippen MR) is 117 cm³/mol. The van der Waals surface area contributed by atoms with Crippen molar-refractivity contribution in [3.63, 3.8) is 0 Å². The van der Waals surface area contributed by atoms with Gasteiger partial charge in [-0.2, -0.15) is 0 Å². The second-order valence-electron chi connectivity index (χ2n) is 9.54. The van der Waals surface area contributed by atoms with Gasteiger partial charge in [0, 0.05) is 45.4 Å². The van der Waals surface area contributed by atoms with Gasteiger partial charge in [-0.15, -0.1) is 0 Å². The molecule has 30 heavy (non-hydrogen) atoms. The summed E-state index contributed by atoms with van der Waals surface area (Å²) in [4.78, 5) is 28.8. The summed E-state index contributed by atoms with van der Waals surface area (Å²) in [6.07, 6.45) is 7.79. The average molecular weight is 413 g/mol. The molecule has 2 atom stereocenters. The minimum atomic E-state index is 0.178. The molecule has 1 saturated carbocycles. The Hall–Kier alpha value is -2.04. The van der Waals surface area contributed by atoms with Gasteiger partial charge in [0.1, 0.15) is 5.75 Å². The van der Waals surface area contributed by atoms with Gasteiger partial charge in [-0.1, -0.05) is 31.0 Å². The van der Waals surface area contributed by atoms with E-state index in [1.807, 2.05) is 35.2 Å². The van der Waals surface area contributed by atoms with Crippen LogP contribution in [0, 0.1) is 23.7 Å². The first-order valence-corrected chi connectivity index (χ1v) is 11.8. The van der Waals surface area contributed by atoms with Gasteiger partial charge in [0.2, 0.25) is 11.8 Å². The Bertz CT molecular complexity index is 708. The van der Waals surface area contributed by atoms with E-state index in [9.17, 15) is 9.59 Å². The molecule has 2 saturated heterocycles. The zero-order valence-electron chi connectivity index (χ0n) is 18.3. The molecule has 2 unspecified atom stereocenters. The van der Waals surface area contributed by atoms with Crippen LogP contribution in [-0.2, 0) is 9.59 Å². The average Bonchev–Trinajstić information content (AvgIpc) is 3.43. The molecule has 0 bridgehead atoms. The Morgan fingerprint density at radius 3 is 2.33 bits per heavy atom. The smallest absolute Gasteiger partial charge is 0.222 e. The number of piperidine rings is 1. The molecule has 0 aromatic heterocycles. The first-order chi connectivity index (χ1) is 14.6. The molecule has 5 heteroatoms. The summed E-state index contributed by atoms with van der Waals surface area (Å²) in [5, 5.41) is 0. The molecular formula is C25H36N2O3. The molecule has 3 aliphatic rings. The van der Waals surface area contributed by atoms with Gasteiger partial charge in [0.25, 0.3) is 0 Å². The second kappa shape index (κ2) is 9.84. The van der Waals surface area contributed by atoms with Gasteiger partial charge in [-0.3, -0.25) is 9.59 Å². The maximum absolute atomic E-state index is 13.0. The van der Waals surface area contributed by atoms with E-state index in [1.165, 1.54) is 25.7 Å². The van der Waals surface area contributed by atoms with E-state index in [4.69, 9.17) is 4.74 Å². The summed E-state index contributed by atoms with van der Waals surface area (Å²) >= 11 is 0. The van der Waals surface area contributed by atoms with Crippen molar-refractivity contribution in [1.29, 1.82) is 0 Å². The lowest BCUT2D eigenvalue weighted by Gasteiger charge is -2.36. The lowest BCUT2D eigenvalue weighted by atomic mass is 9.78. The molecule has 0 spiro atoms. The normalized spacial score (nSPS) is 25.6. The zero-order chi connectivity index (χ0) is 20.9. The van der Waals surface area contributed by atoms with Gasteiger partial charge >= 0.3 is 0 Å². The molecular weight excluding hydrogens is 376 g/mol. The highest BCUT2D eigenvalue weighted by Gasteiger charge is 2.41. The molecule has 1 aromatic rings. The van der Waals surface area contributed by atoms with Crippen molar-refractivity contribution < 1.29 is 14.3 Å². The van der Waals surface area contributed by atoms with E-state index in [0.717, 1.165) is 51.2 Å². The Morgan fingerprint density at radius 1 is 0.967 bits per heavy atom. The maximum atomic E-state index is 13.0. The summed E-state index contributed by atoms with van der Waals surface area (Å²) in [5.41, 5.74) is 0. The summed E-state index contributed by atoms with van der Waals surface area (Å²) in [6, 6.07) is 9.99. The van der Waals surface area contributed by atoms with E-state index in [2.05, 4.69) is 4.90 Å². The number of ether oxygens (including phenoxy) is 1. The summed E-state index contributed by atoms with van der Waals surface area (Å²) in [5.74, 6) is 3.41. The van der Waals surface area contributed by atoms with Crippen molar-refractivity contribution >= 4 is 11.8 Å². The highest BCUT2D eigenvalue weighted by Crippen LogP contribution is 2.37. The van der Waals surface area contributed by atoms with E-state index in [-0.39, 0.29) is 5.91 Å². The fourth-order valence-corrected chi connectivity index (χ4v) is 5.76. The molecule has 2 amide bonds. The van der Waals surface area contributed by atoms with E-state index in [0.29, 0.717) is 36.2 Å². The fourth-order valence-electron chi connectivity index (χ4n) is 5.76. The lowest BCUT2D eigenvalue weighted by Crippen LogP contribution is -2.40. The quantitative estimate of drug-likeness (QED) is 0.710. The highest BCUT2D eigenvalue weighted by atomic mass is 16.5. The van der Waals surface area contributed by atoms with Crippen molar-refractivity contribution in [1.82, 2.24) is 9.80 Å². The number of likely N-dealkylation sites (tertiary alicyclic amines) is 2. The van der Waals surface area contributed by atoms with Gasteiger partial charge in [0.15, 0.2) is 0 Å². The van der Waals surface area contributed by atoms with Crippen LogP contribution < -0.4 is 4.74 Å².